The number of halogens is 1. The number of aromatic amines is 1. The van der Waals surface area contributed by atoms with Gasteiger partial charge in [0.05, 0.1) is 5.52 Å². The number of pyridine rings is 1. The van der Waals surface area contributed by atoms with Crippen molar-refractivity contribution in [1.82, 2.24) is 15.0 Å². The van der Waals surface area contributed by atoms with Gasteiger partial charge in [0.2, 0.25) is 0 Å². The summed E-state index contributed by atoms with van der Waals surface area (Å²) >= 11 is 3.40. The Hall–Kier alpha value is -1.88. The van der Waals surface area contributed by atoms with Crippen molar-refractivity contribution in [2.75, 3.05) is 5.73 Å². The fourth-order valence-corrected chi connectivity index (χ4v) is 2.39. The van der Waals surface area contributed by atoms with E-state index >= 15 is 0 Å². The minimum Gasteiger partial charge on any atom is -0.399 e. The quantitative estimate of drug-likeness (QED) is 0.730. The first-order chi connectivity index (χ1) is 9.20. The van der Waals surface area contributed by atoms with E-state index in [4.69, 9.17) is 5.73 Å². The van der Waals surface area contributed by atoms with Crippen molar-refractivity contribution in [2.45, 2.75) is 12.8 Å². The molecule has 3 N–H and O–H groups in total. The Bertz CT molecular complexity index is 720. The van der Waals surface area contributed by atoms with E-state index in [-0.39, 0.29) is 0 Å². The molecule has 3 rings (SSSR count). The number of anilines is 1. The summed E-state index contributed by atoms with van der Waals surface area (Å²) in [5.41, 5.74) is 9.49. The van der Waals surface area contributed by atoms with Gasteiger partial charge in [0.25, 0.3) is 0 Å². The average Bonchev–Trinajstić information content (AvgIpc) is 2.78. The highest BCUT2D eigenvalue weighted by molar-refractivity contribution is 9.10. The molecule has 2 heterocycles. The minimum absolute atomic E-state index is 0.755. The van der Waals surface area contributed by atoms with E-state index in [1.165, 1.54) is 5.56 Å². The Morgan fingerprint density at radius 2 is 2.11 bits per heavy atom. The van der Waals surface area contributed by atoms with Crippen LogP contribution in [0, 0.1) is 0 Å². The summed E-state index contributed by atoms with van der Waals surface area (Å²) in [6, 6.07) is 9.93. The monoisotopic (exact) mass is 316 g/mol. The molecule has 0 spiro atoms. The first-order valence-corrected chi connectivity index (χ1v) is 6.84. The largest absolute Gasteiger partial charge is 0.399 e. The summed E-state index contributed by atoms with van der Waals surface area (Å²) in [5.74, 6) is 0.947. The lowest BCUT2D eigenvalue weighted by Crippen LogP contribution is -1.94. The second-order valence-corrected chi connectivity index (χ2v) is 5.37. The Morgan fingerprint density at radius 3 is 2.95 bits per heavy atom. The number of nitrogens with two attached hydrogens (primary N) is 1. The van der Waals surface area contributed by atoms with Crippen LogP contribution in [0.2, 0.25) is 0 Å². The fraction of sp³-hybridized carbons (Fsp3) is 0.143. The summed E-state index contributed by atoms with van der Waals surface area (Å²) in [6.07, 6.45) is 3.51. The Balaban J connectivity index is 1.78. The molecule has 1 aromatic carbocycles. The Morgan fingerprint density at radius 1 is 1.21 bits per heavy atom. The molecule has 0 unspecified atom stereocenters. The van der Waals surface area contributed by atoms with E-state index in [0.29, 0.717) is 0 Å². The molecule has 0 aliphatic heterocycles. The van der Waals surface area contributed by atoms with Crippen LogP contribution < -0.4 is 5.73 Å². The molecule has 0 fully saturated rings. The van der Waals surface area contributed by atoms with Crippen molar-refractivity contribution in [3.05, 3.63) is 52.4 Å². The topological polar surface area (TPSA) is 67.6 Å². The van der Waals surface area contributed by atoms with Gasteiger partial charge in [-0.25, -0.2) is 9.97 Å². The number of H-pyrrole nitrogens is 1. The number of fused-ring (bicyclic) bond motifs is 1. The molecule has 0 bridgehead atoms. The number of imidazole rings is 1. The van der Waals surface area contributed by atoms with Crippen LogP contribution in [0.5, 0.6) is 0 Å². The number of nitrogens with zero attached hydrogens (tertiary/aromatic N) is 2. The average molecular weight is 317 g/mol. The van der Waals surface area contributed by atoms with Crippen LogP contribution in [-0.2, 0) is 12.8 Å². The van der Waals surface area contributed by atoms with Crippen molar-refractivity contribution in [3.8, 4) is 0 Å². The normalized spacial score (nSPS) is 11.0. The number of hydrogen-bond donors (Lipinski definition) is 2. The first kappa shape index (κ1) is 12.2. The second kappa shape index (κ2) is 5.01. The smallest absolute Gasteiger partial charge is 0.177 e. The van der Waals surface area contributed by atoms with Crippen molar-refractivity contribution < 1.29 is 0 Å². The third-order valence-corrected chi connectivity index (χ3v) is 3.39. The lowest BCUT2D eigenvalue weighted by molar-refractivity contribution is 0.889. The zero-order valence-corrected chi connectivity index (χ0v) is 11.8. The van der Waals surface area contributed by atoms with Gasteiger partial charge in [-0.3, -0.25) is 0 Å². The molecule has 0 amide bonds. The van der Waals surface area contributed by atoms with Crippen molar-refractivity contribution in [3.63, 3.8) is 0 Å². The van der Waals surface area contributed by atoms with Gasteiger partial charge in [-0.15, -0.1) is 0 Å². The van der Waals surface area contributed by atoms with Crippen molar-refractivity contribution in [1.29, 1.82) is 0 Å². The number of benzene rings is 1. The Labute approximate surface area is 119 Å². The lowest BCUT2D eigenvalue weighted by Gasteiger charge is -2.00. The van der Waals surface area contributed by atoms with Gasteiger partial charge in [-0.2, -0.15) is 0 Å². The van der Waals surface area contributed by atoms with Gasteiger partial charge in [0.15, 0.2) is 5.65 Å². The van der Waals surface area contributed by atoms with Gasteiger partial charge in [0, 0.05) is 22.8 Å². The molecule has 2 aromatic heterocycles. The molecule has 5 heteroatoms. The maximum atomic E-state index is 5.77. The lowest BCUT2D eigenvalue weighted by atomic mass is 10.1. The number of rotatable bonds is 3. The van der Waals surface area contributed by atoms with Gasteiger partial charge in [-0.1, -0.05) is 12.1 Å². The molecule has 4 nitrogen and oxygen atoms in total. The molecule has 0 aliphatic carbocycles. The van der Waals surface area contributed by atoms with Crippen molar-refractivity contribution in [2.24, 2.45) is 0 Å². The number of nitrogens with one attached hydrogen (secondary N) is 1. The molecule has 0 radical (unpaired) electrons. The van der Waals surface area contributed by atoms with Crippen LogP contribution >= 0.6 is 15.9 Å². The molecule has 0 saturated carbocycles. The maximum Gasteiger partial charge on any atom is 0.177 e. The number of aryl methyl sites for hydroxylation is 2. The first-order valence-electron chi connectivity index (χ1n) is 6.05. The molecule has 3 aromatic rings. The molecule has 0 atom stereocenters. The highest BCUT2D eigenvalue weighted by Gasteiger charge is 2.05. The predicted molar refractivity (Wildman–Crippen MR) is 79.9 cm³/mol. The zero-order valence-electron chi connectivity index (χ0n) is 10.2. The highest BCUT2D eigenvalue weighted by Crippen LogP contribution is 2.16. The summed E-state index contributed by atoms with van der Waals surface area (Å²) in [6.45, 7) is 0. The van der Waals surface area contributed by atoms with Gasteiger partial charge >= 0.3 is 0 Å². The van der Waals surface area contributed by atoms with E-state index in [0.717, 1.165) is 40.0 Å². The molecular weight excluding hydrogens is 304 g/mol. The summed E-state index contributed by atoms with van der Waals surface area (Å²) < 4.78 is 0.950. The molecular formula is C14H13BrN4. The van der Waals surface area contributed by atoms with E-state index in [9.17, 15) is 0 Å². The van der Waals surface area contributed by atoms with Crippen LogP contribution in [0.15, 0.2) is 41.0 Å². The van der Waals surface area contributed by atoms with E-state index in [1.54, 1.807) is 6.20 Å². The van der Waals surface area contributed by atoms with Crippen molar-refractivity contribution >= 4 is 32.8 Å². The van der Waals surface area contributed by atoms with Crippen LogP contribution in [-0.4, -0.2) is 15.0 Å². The van der Waals surface area contributed by atoms with Crippen LogP contribution in [0.3, 0.4) is 0 Å². The standard InChI is InChI=1S/C14H13BrN4/c15-10-7-12-14(17-8-10)19-13(18-12)5-4-9-2-1-3-11(16)6-9/h1-3,6-8H,4-5,16H2,(H,17,18,19). The predicted octanol–water partition coefficient (Wildman–Crippen LogP) is 3.09. The summed E-state index contributed by atoms with van der Waals surface area (Å²) in [5, 5.41) is 0. The SMILES string of the molecule is Nc1cccc(CCc2nc3ncc(Br)cc3[nH]2)c1. The van der Waals surface area contributed by atoms with E-state index in [1.807, 2.05) is 24.3 Å². The van der Waals surface area contributed by atoms with Crippen LogP contribution in [0.1, 0.15) is 11.4 Å². The third kappa shape index (κ3) is 2.76. The zero-order chi connectivity index (χ0) is 13.2. The Kier molecular flexibility index (Phi) is 3.21. The molecule has 19 heavy (non-hydrogen) atoms. The highest BCUT2D eigenvalue weighted by atomic mass is 79.9. The van der Waals surface area contributed by atoms with Gasteiger partial charge in [0.1, 0.15) is 5.82 Å². The van der Waals surface area contributed by atoms with Gasteiger partial charge < -0.3 is 10.7 Å². The number of hydrogen-bond acceptors (Lipinski definition) is 3. The maximum absolute atomic E-state index is 5.77. The second-order valence-electron chi connectivity index (χ2n) is 4.45. The number of aromatic nitrogens is 3. The number of nitrogen functional groups attached to an aromatic ring is 1. The third-order valence-electron chi connectivity index (χ3n) is 2.95. The molecule has 96 valence electrons. The van der Waals surface area contributed by atoms with Gasteiger partial charge in [-0.05, 0) is 46.1 Å². The molecule has 0 aliphatic rings. The summed E-state index contributed by atoms with van der Waals surface area (Å²) in [4.78, 5) is 12.0. The fourth-order valence-electron chi connectivity index (χ4n) is 2.05. The minimum atomic E-state index is 0.755. The van der Waals surface area contributed by atoms with E-state index < -0.39 is 0 Å². The van der Waals surface area contributed by atoms with Crippen LogP contribution in [0.25, 0.3) is 11.2 Å². The van der Waals surface area contributed by atoms with Crippen LogP contribution in [0.4, 0.5) is 5.69 Å². The molecule has 0 saturated heterocycles. The summed E-state index contributed by atoms with van der Waals surface area (Å²) in [7, 11) is 0. The van der Waals surface area contributed by atoms with E-state index in [2.05, 4.69) is 36.9 Å².